The first kappa shape index (κ1) is 28.8. The lowest BCUT2D eigenvalue weighted by atomic mass is 10.1. The van der Waals surface area contributed by atoms with Crippen molar-refractivity contribution in [1.82, 2.24) is 15.1 Å². The third-order valence-corrected chi connectivity index (χ3v) is 6.62. The Balaban J connectivity index is 1.71. The minimum Gasteiger partial charge on any atom is -0.379 e. The number of benzene rings is 2. The molecule has 8 nitrogen and oxygen atoms in total. The molecule has 38 heavy (non-hydrogen) atoms. The first-order valence-electron chi connectivity index (χ1n) is 12.8. The summed E-state index contributed by atoms with van der Waals surface area (Å²) in [6.45, 7) is 6.18. The number of ether oxygens (including phenoxy) is 1. The molecule has 2 aromatic rings. The van der Waals surface area contributed by atoms with Gasteiger partial charge in [0.15, 0.2) is 6.29 Å². The van der Waals surface area contributed by atoms with Gasteiger partial charge in [0, 0.05) is 52.1 Å². The third-order valence-electron chi connectivity index (χ3n) is 6.62. The predicted octanol–water partition coefficient (Wildman–Crippen LogP) is 3.00. The van der Waals surface area contributed by atoms with Crippen molar-refractivity contribution in [1.29, 1.82) is 0 Å². The van der Waals surface area contributed by atoms with Crippen LogP contribution in [0.25, 0.3) is 0 Å². The zero-order valence-electron chi connectivity index (χ0n) is 22.4. The molecule has 1 aliphatic rings. The quantitative estimate of drug-likeness (QED) is 0.226. The Kier molecular flexibility index (Phi) is 11.2. The zero-order valence-corrected chi connectivity index (χ0v) is 22.4. The zero-order chi connectivity index (χ0) is 27.3. The topological polar surface area (TPSA) is 91.3 Å². The smallest absolute Gasteiger partial charge is 0.242 e. The van der Waals surface area contributed by atoms with Gasteiger partial charge in [-0.15, -0.1) is 0 Å². The van der Waals surface area contributed by atoms with Crippen molar-refractivity contribution in [2.75, 3.05) is 40.4 Å². The maximum absolute atomic E-state index is 12.3. The summed E-state index contributed by atoms with van der Waals surface area (Å²) in [7, 11) is 3.31. The molecule has 200 valence electrons. The van der Waals surface area contributed by atoms with E-state index in [1.54, 1.807) is 38.1 Å². The summed E-state index contributed by atoms with van der Waals surface area (Å²) >= 11 is 0. The lowest BCUT2D eigenvalue weighted by Gasteiger charge is -2.28. The van der Waals surface area contributed by atoms with E-state index in [1.165, 1.54) is 5.56 Å². The summed E-state index contributed by atoms with van der Waals surface area (Å²) in [5.41, 5.74) is 3.86. The number of amidine groups is 1. The highest BCUT2D eigenvalue weighted by Gasteiger charge is 2.23. The third kappa shape index (κ3) is 8.10. The first-order chi connectivity index (χ1) is 18.5. The van der Waals surface area contributed by atoms with Crippen LogP contribution in [0.5, 0.6) is 0 Å². The standard InChI is InChI=1S/C30H36N4O4/c1-23(33(3)29(11-6-18-35)30(37)31-2)32-28-10-5-9-26(27(28)22-36)8-4-7-24-12-14-25(15-13-24)21-34-16-19-38-20-17-34/h5,9-10,12-15,18,22,29H,6-7,11,16-17,19-21H2,1-3H3,(H,31,37). The molecule has 0 radical (unpaired) electrons. The number of nitrogens with one attached hydrogen (secondary N) is 1. The van der Waals surface area contributed by atoms with Gasteiger partial charge in [0.25, 0.3) is 0 Å². The van der Waals surface area contributed by atoms with E-state index in [0.29, 0.717) is 35.5 Å². The van der Waals surface area contributed by atoms with Gasteiger partial charge in [0.1, 0.15) is 18.2 Å². The number of carbonyl (C=O) groups is 3. The number of morpholine rings is 1. The fraction of sp³-hybridized carbons (Fsp3) is 0.400. The van der Waals surface area contributed by atoms with Gasteiger partial charge in [0.2, 0.25) is 5.91 Å². The highest BCUT2D eigenvalue weighted by atomic mass is 16.5. The summed E-state index contributed by atoms with van der Waals surface area (Å²) in [6.07, 6.45) is 2.75. The first-order valence-corrected chi connectivity index (χ1v) is 12.8. The maximum Gasteiger partial charge on any atom is 0.242 e. The molecular formula is C30H36N4O4. The Morgan fingerprint density at radius 3 is 2.53 bits per heavy atom. The van der Waals surface area contributed by atoms with Gasteiger partial charge in [-0.1, -0.05) is 42.2 Å². The van der Waals surface area contributed by atoms with Crippen molar-refractivity contribution < 1.29 is 19.1 Å². The Morgan fingerprint density at radius 2 is 1.87 bits per heavy atom. The molecule has 0 aromatic heterocycles. The molecule has 0 saturated carbocycles. The molecule has 1 unspecified atom stereocenters. The highest BCUT2D eigenvalue weighted by Crippen LogP contribution is 2.22. The van der Waals surface area contributed by atoms with E-state index in [2.05, 4.69) is 51.3 Å². The van der Waals surface area contributed by atoms with Gasteiger partial charge in [-0.2, -0.15) is 0 Å². The van der Waals surface area contributed by atoms with Gasteiger partial charge in [0.05, 0.1) is 24.5 Å². The summed E-state index contributed by atoms with van der Waals surface area (Å²) in [5, 5.41) is 2.63. The fourth-order valence-electron chi connectivity index (χ4n) is 4.28. The van der Waals surface area contributed by atoms with Crippen molar-refractivity contribution in [3.63, 3.8) is 0 Å². The number of aldehydes is 2. The molecule has 0 spiro atoms. The number of rotatable bonds is 10. The number of carbonyl (C=O) groups excluding carboxylic acids is 3. The fourth-order valence-corrected chi connectivity index (χ4v) is 4.28. The molecule has 1 N–H and O–H groups in total. The molecule has 1 atom stereocenters. The minimum atomic E-state index is -0.545. The number of hydrogen-bond donors (Lipinski definition) is 1. The van der Waals surface area contributed by atoms with Gasteiger partial charge in [-0.25, -0.2) is 4.99 Å². The Morgan fingerprint density at radius 1 is 1.16 bits per heavy atom. The van der Waals surface area contributed by atoms with E-state index in [0.717, 1.165) is 51.0 Å². The van der Waals surface area contributed by atoms with E-state index in [4.69, 9.17) is 4.74 Å². The van der Waals surface area contributed by atoms with Crippen molar-refractivity contribution in [3.05, 3.63) is 64.7 Å². The monoisotopic (exact) mass is 516 g/mol. The van der Waals surface area contributed by atoms with Crippen molar-refractivity contribution in [2.24, 2.45) is 4.99 Å². The predicted molar refractivity (Wildman–Crippen MR) is 149 cm³/mol. The van der Waals surface area contributed by atoms with Gasteiger partial charge in [-0.3, -0.25) is 14.5 Å². The van der Waals surface area contributed by atoms with Crippen LogP contribution in [0.3, 0.4) is 0 Å². The largest absolute Gasteiger partial charge is 0.379 e. The van der Waals surface area contributed by atoms with E-state index in [-0.39, 0.29) is 12.3 Å². The second-order valence-electron chi connectivity index (χ2n) is 9.18. The number of hydrogen-bond acceptors (Lipinski definition) is 6. The van der Waals surface area contributed by atoms with Crippen LogP contribution in [0, 0.1) is 11.8 Å². The molecule has 1 heterocycles. The van der Waals surface area contributed by atoms with Crippen molar-refractivity contribution in [2.45, 2.75) is 38.8 Å². The molecule has 2 aromatic carbocycles. The van der Waals surface area contributed by atoms with Gasteiger partial charge in [-0.05, 0) is 36.6 Å². The number of likely N-dealkylation sites (N-methyl/N-ethyl adjacent to an activating group) is 2. The van der Waals surface area contributed by atoms with E-state index in [9.17, 15) is 14.4 Å². The Bertz CT molecular complexity index is 1190. The van der Waals surface area contributed by atoms with Gasteiger partial charge >= 0.3 is 0 Å². The molecule has 1 amide bonds. The second-order valence-corrected chi connectivity index (χ2v) is 9.18. The normalized spacial score (nSPS) is 14.7. The SMILES string of the molecule is CNC(=O)C(CCC=O)N(C)C(C)=Nc1cccc(C#CCc2ccc(CN3CCOCC3)cc2)c1C=O. The molecule has 1 fully saturated rings. The maximum atomic E-state index is 12.3. The van der Waals surface area contributed by atoms with Crippen LogP contribution >= 0.6 is 0 Å². The molecule has 1 aliphatic heterocycles. The van der Waals surface area contributed by atoms with Gasteiger partial charge < -0.3 is 19.7 Å². The van der Waals surface area contributed by atoms with Crippen LogP contribution < -0.4 is 5.32 Å². The van der Waals surface area contributed by atoms with Crippen LogP contribution in [-0.2, 0) is 27.3 Å². The van der Waals surface area contributed by atoms with Crippen LogP contribution in [0.1, 0.15) is 46.8 Å². The molecule has 0 aliphatic carbocycles. The van der Waals surface area contributed by atoms with Crippen LogP contribution in [0.2, 0.25) is 0 Å². The summed E-state index contributed by atoms with van der Waals surface area (Å²) in [4.78, 5) is 43.9. The summed E-state index contributed by atoms with van der Waals surface area (Å²) in [6, 6.07) is 13.3. The summed E-state index contributed by atoms with van der Waals surface area (Å²) < 4.78 is 5.41. The van der Waals surface area contributed by atoms with Crippen LogP contribution in [0.4, 0.5) is 5.69 Å². The van der Waals surface area contributed by atoms with Crippen molar-refractivity contribution in [3.8, 4) is 11.8 Å². The molecule has 3 rings (SSSR count). The average molecular weight is 517 g/mol. The average Bonchev–Trinajstić information content (AvgIpc) is 2.94. The molecule has 8 heteroatoms. The van der Waals surface area contributed by atoms with E-state index >= 15 is 0 Å². The number of amides is 1. The Hall–Kier alpha value is -3.80. The van der Waals surface area contributed by atoms with Crippen LogP contribution in [-0.4, -0.2) is 80.6 Å². The van der Waals surface area contributed by atoms with Crippen molar-refractivity contribution >= 4 is 30.0 Å². The van der Waals surface area contributed by atoms with Crippen LogP contribution in [0.15, 0.2) is 47.5 Å². The molecular weight excluding hydrogens is 480 g/mol. The van der Waals surface area contributed by atoms with E-state index in [1.807, 2.05) is 6.07 Å². The number of aliphatic imine (C=N–C) groups is 1. The lowest BCUT2D eigenvalue weighted by molar-refractivity contribution is -0.124. The highest BCUT2D eigenvalue weighted by molar-refractivity contribution is 5.93. The van der Waals surface area contributed by atoms with E-state index < -0.39 is 6.04 Å². The summed E-state index contributed by atoms with van der Waals surface area (Å²) in [5.74, 6) is 6.65. The number of nitrogens with zero attached hydrogens (tertiary/aromatic N) is 3. The minimum absolute atomic E-state index is 0.201. The molecule has 1 saturated heterocycles. The molecule has 0 bridgehead atoms. The second kappa shape index (κ2) is 14.8. The Labute approximate surface area is 225 Å². The lowest BCUT2D eigenvalue weighted by Crippen LogP contribution is -2.46.